The summed E-state index contributed by atoms with van der Waals surface area (Å²) in [6, 6.07) is 6.99. The first kappa shape index (κ1) is 13.7. The zero-order valence-electron chi connectivity index (χ0n) is 11.5. The molecule has 2 rings (SSSR count). The van der Waals surface area contributed by atoms with E-state index in [0.29, 0.717) is 30.8 Å². The Morgan fingerprint density at radius 2 is 1.95 bits per heavy atom. The number of Topliss-reactive ketones (excluding diaryl/α,β-unsaturated/α-hetero) is 1. The maximum absolute atomic E-state index is 12.5. The highest BCUT2D eigenvalue weighted by atomic mass is 16.2. The molecule has 0 aliphatic carbocycles. The lowest BCUT2D eigenvalue weighted by Gasteiger charge is -2.23. The van der Waals surface area contributed by atoms with Gasteiger partial charge in [0.1, 0.15) is 0 Å². The number of likely N-dealkylation sites (tertiary alicyclic amines) is 1. The second-order valence-electron chi connectivity index (χ2n) is 5.59. The van der Waals surface area contributed by atoms with Crippen molar-refractivity contribution in [3.8, 4) is 0 Å². The molecule has 0 spiro atoms. The van der Waals surface area contributed by atoms with Crippen LogP contribution in [0.25, 0.3) is 0 Å². The monoisotopic (exact) mass is 260 g/mol. The number of rotatable bonds is 3. The summed E-state index contributed by atoms with van der Waals surface area (Å²) in [5.41, 5.74) is 6.75. The molecule has 1 fully saturated rings. The van der Waals surface area contributed by atoms with E-state index in [9.17, 15) is 9.59 Å². The van der Waals surface area contributed by atoms with Crippen molar-refractivity contribution in [3.63, 3.8) is 0 Å². The van der Waals surface area contributed by atoms with Gasteiger partial charge in [0.15, 0.2) is 5.78 Å². The van der Waals surface area contributed by atoms with Crippen LogP contribution in [0.5, 0.6) is 0 Å². The highest BCUT2D eigenvalue weighted by Gasteiger charge is 2.35. The molecular weight excluding hydrogens is 240 g/mol. The first-order chi connectivity index (χ1) is 8.97. The summed E-state index contributed by atoms with van der Waals surface area (Å²) in [6.45, 7) is 5.52. The molecule has 0 bridgehead atoms. The number of carbonyl (C=O) groups excluding carboxylic acids is 2. The van der Waals surface area contributed by atoms with Crippen LogP contribution in [0.2, 0.25) is 0 Å². The molecule has 1 heterocycles. The summed E-state index contributed by atoms with van der Waals surface area (Å²) in [6.07, 6.45) is 0.914. The van der Waals surface area contributed by atoms with Gasteiger partial charge < -0.3 is 10.6 Å². The van der Waals surface area contributed by atoms with Crippen LogP contribution in [-0.4, -0.2) is 36.2 Å². The van der Waals surface area contributed by atoms with E-state index in [1.165, 1.54) is 6.92 Å². The third-order valence-corrected chi connectivity index (χ3v) is 3.87. The number of carbonyl (C=O) groups is 2. The van der Waals surface area contributed by atoms with Crippen LogP contribution in [0, 0.1) is 5.41 Å². The van der Waals surface area contributed by atoms with Crippen LogP contribution < -0.4 is 5.73 Å². The smallest absolute Gasteiger partial charge is 0.254 e. The van der Waals surface area contributed by atoms with Gasteiger partial charge in [0.25, 0.3) is 5.91 Å². The summed E-state index contributed by atoms with van der Waals surface area (Å²) >= 11 is 0. The van der Waals surface area contributed by atoms with E-state index in [1.54, 1.807) is 29.2 Å². The zero-order valence-corrected chi connectivity index (χ0v) is 11.5. The molecule has 102 valence electrons. The molecular formula is C15H20N2O2. The number of hydrogen-bond donors (Lipinski definition) is 1. The van der Waals surface area contributed by atoms with E-state index in [1.807, 2.05) is 0 Å². The van der Waals surface area contributed by atoms with Gasteiger partial charge in [0, 0.05) is 18.7 Å². The molecule has 0 radical (unpaired) electrons. The third kappa shape index (κ3) is 2.68. The second kappa shape index (κ2) is 5.13. The molecule has 19 heavy (non-hydrogen) atoms. The molecule has 4 nitrogen and oxygen atoms in total. The predicted octanol–water partition coefficient (Wildman–Crippen LogP) is 1.70. The van der Waals surface area contributed by atoms with Crippen molar-refractivity contribution in [1.82, 2.24) is 4.90 Å². The van der Waals surface area contributed by atoms with Gasteiger partial charge in [-0.1, -0.05) is 25.1 Å². The van der Waals surface area contributed by atoms with Crippen molar-refractivity contribution >= 4 is 11.7 Å². The fourth-order valence-electron chi connectivity index (χ4n) is 2.51. The summed E-state index contributed by atoms with van der Waals surface area (Å²) in [5, 5.41) is 0. The van der Waals surface area contributed by atoms with E-state index < -0.39 is 0 Å². The number of nitrogens with two attached hydrogens (primary N) is 1. The minimum atomic E-state index is -0.0790. The molecule has 1 amide bonds. The topological polar surface area (TPSA) is 63.4 Å². The number of benzene rings is 1. The summed E-state index contributed by atoms with van der Waals surface area (Å²) in [7, 11) is 0. The Morgan fingerprint density at radius 3 is 2.47 bits per heavy atom. The molecule has 4 heteroatoms. The van der Waals surface area contributed by atoms with Gasteiger partial charge in [-0.05, 0) is 31.4 Å². The first-order valence-corrected chi connectivity index (χ1v) is 6.56. The largest absolute Gasteiger partial charge is 0.338 e. The van der Waals surface area contributed by atoms with Crippen molar-refractivity contribution in [2.24, 2.45) is 11.1 Å². The van der Waals surface area contributed by atoms with Crippen molar-refractivity contribution in [2.45, 2.75) is 20.3 Å². The fourth-order valence-corrected chi connectivity index (χ4v) is 2.51. The number of hydrogen-bond acceptors (Lipinski definition) is 3. The molecule has 1 unspecified atom stereocenters. The summed E-state index contributed by atoms with van der Waals surface area (Å²) < 4.78 is 0. The Labute approximate surface area is 113 Å². The number of nitrogens with zero attached hydrogens (tertiary/aromatic N) is 1. The van der Waals surface area contributed by atoms with Gasteiger partial charge in [-0.2, -0.15) is 0 Å². The van der Waals surface area contributed by atoms with Gasteiger partial charge in [0.2, 0.25) is 0 Å². The number of ketones is 1. The molecule has 1 aliphatic rings. The summed E-state index contributed by atoms with van der Waals surface area (Å²) in [4.78, 5) is 25.9. The van der Waals surface area contributed by atoms with Crippen LogP contribution in [0.15, 0.2) is 24.3 Å². The summed E-state index contributed by atoms with van der Waals surface area (Å²) in [5.74, 6) is -0.146. The van der Waals surface area contributed by atoms with Crippen molar-refractivity contribution in [2.75, 3.05) is 19.6 Å². The Balaban J connectivity index is 2.24. The first-order valence-electron chi connectivity index (χ1n) is 6.56. The second-order valence-corrected chi connectivity index (χ2v) is 5.59. The minimum absolute atomic E-state index is 0.000821. The van der Waals surface area contributed by atoms with Gasteiger partial charge >= 0.3 is 0 Å². The van der Waals surface area contributed by atoms with Gasteiger partial charge in [-0.15, -0.1) is 0 Å². The maximum Gasteiger partial charge on any atom is 0.254 e. The molecule has 2 N–H and O–H groups in total. The lowest BCUT2D eigenvalue weighted by Crippen LogP contribution is -2.35. The van der Waals surface area contributed by atoms with E-state index in [-0.39, 0.29) is 17.1 Å². The Hall–Kier alpha value is -1.68. The van der Waals surface area contributed by atoms with Crippen molar-refractivity contribution < 1.29 is 9.59 Å². The van der Waals surface area contributed by atoms with Crippen LogP contribution >= 0.6 is 0 Å². The third-order valence-electron chi connectivity index (χ3n) is 3.87. The predicted molar refractivity (Wildman–Crippen MR) is 74.1 cm³/mol. The van der Waals surface area contributed by atoms with Gasteiger partial charge in [-0.25, -0.2) is 0 Å². The quantitative estimate of drug-likeness (QED) is 0.841. The Kier molecular flexibility index (Phi) is 3.71. The van der Waals surface area contributed by atoms with Crippen LogP contribution in [0.1, 0.15) is 41.0 Å². The number of amides is 1. The van der Waals surface area contributed by atoms with Crippen LogP contribution in [-0.2, 0) is 0 Å². The van der Waals surface area contributed by atoms with Crippen molar-refractivity contribution in [1.29, 1.82) is 0 Å². The Bertz CT molecular complexity index is 513. The van der Waals surface area contributed by atoms with Crippen LogP contribution in [0.4, 0.5) is 0 Å². The minimum Gasteiger partial charge on any atom is -0.338 e. The highest BCUT2D eigenvalue weighted by Crippen LogP contribution is 2.29. The van der Waals surface area contributed by atoms with Gasteiger partial charge in [0.05, 0.1) is 5.56 Å². The van der Waals surface area contributed by atoms with E-state index in [4.69, 9.17) is 5.73 Å². The molecule has 1 atom stereocenters. The molecule has 0 aromatic heterocycles. The van der Waals surface area contributed by atoms with Gasteiger partial charge in [-0.3, -0.25) is 9.59 Å². The molecule has 0 saturated carbocycles. The van der Waals surface area contributed by atoms with E-state index in [0.717, 1.165) is 6.42 Å². The zero-order chi connectivity index (χ0) is 14.0. The average molecular weight is 260 g/mol. The standard InChI is InChI=1S/C15H20N2O2/c1-11(18)12-5-3-4-6-13(12)14(19)17-8-7-15(2,9-16)10-17/h3-6H,7-10,16H2,1-2H3. The average Bonchev–Trinajstić information content (AvgIpc) is 2.81. The lowest BCUT2D eigenvalue weighted by atomic mass is 9.90. The maximum atomic E-state index is 12.5. The SMILES string of the molecule is CC(=O)c1ccccc1C(=O)N1CCC(C)(CN)C1. The lowest BCUT2D eigenvalue weighted by molar-refractivity contribution is 0.0772. The van der Waals surface area contributed by atoms with Crippen LogP contribution in [0.3, 0.4) is 0 Å². The van der Waals surface area contributed by atoms with E-state index >= 15 is 0 Å². The molecule has 1 aromatic carbocycles. The van der Waals surface area contributed by atoms with Crippen molar-refractivity contribution in [3.05, 3.63) is 35.4 Å². The molecule has 1 aliphatic heterocycles. The Morgan fingerprint density at radius 1 is 1.32 bits per heavy atom. The molecule has 1 aromatic rings. The normalized spacial score (nSPS) is 22.6. The fraction of sp³-hybridized carbons (Fsp3) is 0.467. The van der Waals surface area contributed by atoms with E-state index in [2.05, 4.69) is 6.92 Å². The molecule has 1 saturated heterocycles. The highest BCUT2D eigenvalue weighted by molar-refractivity contribution is 6.07.